The molecule has 206 valence electrons. The van der Waals surface area contributed by atoms with Crippen LogP contribution in [0.1, 0.15) is 135 Å². The van der Waals surface area contributed by atoms with Crippen molar-refractivity contribution in [2.75, 3.05) is 26.2 Å². The number of aliphatic carboxylic acids is 3. The van der Waals surface area contributed by atoms with E-state index in [9.17, 15) is 19.5 Å². The summed E-state index contributed by atoms with van der Waals surface area (Å²) in [6.07, 6.45) is 21.3. The highest BCUT2D eigenvalue weighted by molar-refractivity contribution is 5.67. The SMILES string of the molecule is CCCCCCCCCCCCCCCCCCC[N+](CCC(=O)[O-])(CCC(=O)O)CCC(=O)O. The van der Waals surface area contributed by atoms with Gasteiger partial charge in [0.2, 0.25) is 0 Å². The first kappa shape index (κ1) is 33.4. The van der Waals surface area contributed by atoms with Crippen LogP contribution in [0.3, 0.4) is 0 Å². The molecule has 0 rings (SSSR count). The summed E-state index contributed by atoms with van der Waals surface area (Å²) in [7, 11) is 0. The molecule has 0 amide bonds. The fourth-order valence-corrected chi connectivity index (χ4v) is 4.84. The van der Waals surface area contributed by atoms with Gasteiger partial charge in [0, 0.05) is 12.4 Å². The second kappa shape index (κ2) is 22.8. The minimum absolute atomic E-state index is 0.0916. The molecule has 0 atom stereocenters. The number of unbranched alkanes of at least 4 members (excludes halogenated alkanes) is 16. The minimum Gasteiger partial charge on any atom is -0.550 e. The molecule has 0 aliphatic heterocycles. The zero-order valence-corrected chi connectivity index (χ0v) is 22.4. The van der Waals surface area contributed by atoms with Gasteiger partial charge in [-0.3, -0.25) is 9.59 Å². The second-order valence-electron chi connectivity index (χ2n) is 10.3. The molecule has 0 aromatic heterocycles. The maximum Gasteiger partial charge on any atom is 0.309 e. The first-order valence-electron chi connectivity index (χ1n) is 14.3. The van der Waals surface area contributed by atoms with Crippen molar-refractivity contribution in [3.63, 3.8) is 0 Å². The number of carbonyl (C=O) groups is 3. The van der Waals surface area contributed by atoms with Crippen molar-refractivity contribution >= 4 is 17.9 Å². The summed E-state index contributed by atoms with van der Waals surface area (Å²) in [6.45, 7) is 3.62. The van der Waals surface area contributed by atoms with Crippen molar-refractivity contribution in [2.45, 2.75) is 135 Å². The second-order valence-corrected chi connectivity index (χ2v) is 10.3. The third kappa shape index (κ3) is 22.6. The van der Waals surface area contributed by atoms with Crippen LogP contribution in [0.5, 0.6) is 0 Å². The fraction of sp³-hybridized carbons (Fsp3) is 0.893. The van der Waals surface area contributed by atoms with Gasteiger partial charge < -0.3 is 24.6 Å². The molecule has 7 nitrogen and oxygen atoms in total. The van der Waals surface area contributed by atoms with Crippen LogP contribution in [-0.4, -0.2) is 58.8 Å². The topological polar surface area (TPSA) is 115 Å². The summed E-state index contributed by atoms with van der Waals surface area (Å²) in [5.41, 5.74) is 0. The number of carbonyl (C=O) groups excluding carboxylic acids is 1. The number of carboxylic acid groups (broad SMARTS) is 3. The molecular weight excluding hydrogens is 446 g/mol. The van der Waals surface area contributed by atoms with E-state index < -0.39 is 17.9 Å². The lowest BCUT2D eigenvalue weighted by atomic mass is 10.0. The van der Waals surface area contributed by atoms with E-state index in [1.165, 1.54) is 89.9 Å². The molecule has 0 aromatic carbocycles. The molecule has 0 radical (unpaired) electrons. The highest BCUT2D eigenvalue weighted by Gasteiger charge is 2.28. The molecule has 0 aromatic rings. The summed E-state index contributed by atoms with van der Waals surface area (Å²) in [4.78, 5) is 33.2. The van der Waals surface area contributed by atoms with E-state index in [0.717, 1.165) is 19.3 Å². The summed E-state index contributed by atoms with van der Waals surface area (Å²) in [5, 5.41) is 29.2. The van der Waals surface area contributed by atoms with Gasteiger partial charge in [0.05, 0.1) is 39.0 Å². The Hall–Kier alpha value is -1.63. The smallest absolute Gasteiger partial charge is 0.309 e. The molecule has 0 saturated carbocycles. The zero-order valence-electron chi connectivity index (χ0n) is 22.4. The molecule has 0 fully saturated rings. The van der Waals surface area contributed by atoms with Crippen LogP contribution in [0.4, 0.5) is 0 Å². The molecule has 0 heterocycles. The predicted molar refractivity (Wildman–Crippen MR) is 138 cm³/mol. The normalized spacial score (nSPS) is 11.6. The average molecular weight is 500 g/mol. The lowest BCUT2D eigenvalue weighted by molar-refractivity contribution is -0.927. The van der Waals surface area contributed by atoms with Crippen molar-refractivity contribution in [2.24, 2.45) is 0 Å². The molecule has 7 heteroatoms. The lowest BCUT2D eigenvalue weighted by Crippen LogP contribution is -2.53. The van der Waals surface area contributed by atoms with Gasteiger partial charge in [-0.1, -0.05) is 103 Å². The molecule has 0 bridgehead atoms. The molecule has 0 unspecified atom stereocenters. The van der Waals surface area contributed by atoms with Gasteiger partial charge in [0.1, 0.15) is 0 Å². The van der Waals surface area contributed by atoms with Gasteiger partial charge in [-0.15, -0.1) is 0 Å². The zero-order chi connectivity index (χ0) is 26.2. The number of hydrogen-bond acceptors (Lipinski definition) is 4. The Morgan fingerprint density at radius 1 is 0.514 bits per heavy atom. The monoisotopic (exact) mass is 499 g/mol. The quantitative estimate of drug-likeness (QED) is 0.113. The molecule has 0 aliphatic carbocycles. The van der Waals surface area contributed by atoms with Crippen molar-refractivity contribution in [3.8, 4) is 0 Å². The maximum atomic E-state index is 11.1. The van der Waals surface area contributed by atoms with E-state index in [-0.39, 0.29) is 43.4 Å². The number of quaternary nitrogens is 1. The van der Waals surface area contributed by atoms with Crippen LogP contribution in [-0.2, 0) is 14.4 Å². The maximum absolute atomic E-state index is 11.1. The van der Waals surface area contributed by atoms with Crippen molar-refractivity contribution in [3.05, 3.63) is 0 Å². The third-order valence-electron chi connectivity index (χ3n) is 7.13. The van der Waals surface area contributed by atoms with Crippen LogP contribution in [0.2, 0.25) is 0 Å². The summed E-state index contributed by atoms with van der Waals surface area (Å²) < 4.78 is 0.228. The van der Waals surface area contributed by atoms with E-state index >= 15 is 0 Å². The number of hydrogen-bond donors (Lipinski definition) is 2. The molecule has 2 N–H and O–H groups in total. The molecule has 35 heavy (non-hydrogen) atoms. The largest absolute Gasteiger partial charge is 0.550 e. The van der Waals surface area contributed by atoms with Crippen LogP contribution in [0.25, 0.3) is 0 Å². The molecule has 0 spiro atoms. The Morgan fingerprint density at radius 2 is 0.829 bits per heavy atom. The first-order valence-corrected chi connectivity index (χ1v) is 14.3. The van der Waals surface area contributed by atoms with Crippen LogP contribution in [0, 0.1) is 0 Å². The lowest BCUT2D eigenvalue weighted by Gasteiger charge is -2.38. The molecular formula is C28H53NO6. The number of carboxylic acids is 3. The number of nitrogens with zero attached hydrogens (tertiary/aromatic N) is 1. The Labute approximate surface area is 213 Å². The summed E-state index contributed by atoms with van der Waals surface area (Å²) in [5.74, 6) is -3.07. The van der Waals surface area contributed by atoms with Crippen molar-refractivity contribution in [1.29, 1.82) is 0 Å². The van der Waals surface area contributed by atoms with E-state index in [0.29, 0.717) is 6.54 Å². The van der Waals surface area contributed by atoms with Gasteiger partial charge in [-0.25, -0.2) is 0 Å². The Kier molecular flexibility index (Phi) is 21.7. The fourth-order valence-electron chi connectivity index (χ4n) is 4.84. The van der Waals surface area contributed by atoms with Gasteiger partial charge >= 0.3 is 11.9 Å². The highest BCUT2D eigenvalue weighted by Crippen LogP contribution is 2.17. The van der Waals surface area contributed by atoms with Crippen LogP contribution >= 0.6 is 0 Å². The minimum atomic E-state index is -1.18. The van der Waals surface area contributed by atoms with Crippen LogP contribution < -0.4 is 5.11 Å². The number of rotatable bonds is 27. The van der Waals surface area contributed by atoms with Gasteiger partial charge in [0.25, 0.3) is 0 Å². The highest BCUT2D eigenvalue weighted by atomic mass is 16.4. The van der Waals surface area contributed by atoms with E-state index in [1.807, 2.05) is 0 Å². The Balaban J connectivity index is 3.98. The molecule has 0 aliphatic rings. The first-order chi connectivity index (χ1) is 16.8. The average Bonchev–Trinajstić information content (AvgIpc) is 2.81. The van der Waals surface area contributed by atoms with Crippen molar-refractivity contribution < 1.29 is 34.2 Å². The summed E-state index contributed by atoms with van der Waals surface area (Å²) >= 11 is 0. The van der Waals surface area contributed by atoms with E-state index in [2.05, 4.69) is 6.92 Å². The van der Waals surface area contributed by atoms with Gasteiger partial charge in [0.15, 0.2) is 0 Å². The van der Waals surface area contributed by atoms with Gasteiger partial charge in [-0.2, -0.15) is 0 Å². The summed E-state index contributed by atoms with van der Waals surface area (Å²) in [6, 6.07) is 0. The Bertz CT molecular complexity index is 506. The third-order valence-corrected chi connectivity index (χ3v) is 7.13. The predicted octanol–water partition coefficient (Wildman–Crippen LogP) is 5.54. The van der Waals surface area contributed by atoms with Crippen molar-refractivity contribution in [1.82, 2.24) is 0 Å². The molecule has 0 saturated heterocycles. The van der Waals surface area contributed by atoms with Crippen LogP contribution in [0.15, 0.2) is 0 Å². The van der Waals surface area contributed by atoms with Gasteiger partial charge in [-0.05, 0) is 12.8 Å². The Morgan fingerprint density at radius 3 is 1.14 bits per heavy atom. The van der Waals surface area contributed by atoms with E-state index in [1.54, 1.807) is 0 Å². The van der Waals surface area contributed by atoms with E-state index in [4.69, 9.17) is 10.2 Å². The standard InChI is InChI=1S/C28H53NO6/c1-2-3-4-5-6-7-8-9-10-11-12-13-14-15-16-17-18-22-29(23-19-26(30)31,24-20-27(32)33)25-21-28(34)35/h2-25H2,1H3,(H2-,30,31,32,33,34,35).